The number of carbonyl (C=O) groups excluding carboxylic acids is 1. The Labute approximate surface area is 153 Å². The molecular weight excluding hydrogens is 326 g/mol. The SMILES string of the molecule is Cc1noc2nc(-c3ccccc3)cc(C(=O)N3CC(C)CC(C)C3)c12. The third-order valence-corrected chi connectivity index (χ3v) is 5.07. The number of nitrogens with zero attached hydrogens (tertiary/aromatic N) is 3. The van der Waals surface area contributed by atoms with Crippen molar-refractivity contribution in [3.05, 3.63) is 47.7 Å². The lowest BCUT2D eigenvalue weighted by molar-refractivity contribution is 0.0625. The van der Waals surface area contributed by atoms with Crippen molar-refractivity contribution in [2.24, 2.45) is 11.8 Å². The van der Waals surface area contributed by atoms with Gasteiger partial charge in [0.05, 0.1) is 22.3 Å². The maximum Gasteiger partial charge on any atom is 0.259 e. The highest BCUT2D eigenvalue weighted by atomic mass is 16.5. The molecule has 0 spiro atoms. The fourth-order valence-electron chi connectivity index (χ4n) is 4.02. The summed E-state index contributed by atoms with van der Waals surface area (Å²) in [5, 5.41) is 4.76. The van der Waals surface area contributed by atoms with E-state index in [2.05, 4.69) is 24.0 Å². The topological polar surface area (TPSA) is 59.2 Å². The summed E-state index contributed by atoms with van der Waals surface area (Å²) in [7, 11) is 0. The predicted octanol–water partition coefficient (Wildman–Crippen LogP) is 4.32. The monoisotopic (exact) mass is 349 g/mol. The van der Waals surface area contributed by atoms with E-state index in [-0.39, 0.29) is 5.91 Å². The molecule has 1 aliphatic heterocycles. The summed E-state index contributed by atoms with van der Waals surface area (Å²) in [6.45, 7) is 7.85. The smallest absolute Gasteiger partial charge is 0.259 e. The fourth-order valence-corrected chi connectivity index (χ4v) is 4.02. The van der Waals surface area contributed by atoms with Gasteiger partial charge in [0.1, 0.15) is 0 Å². The Morgan fingerprint density at radius 2 is 1.85 bits per heavy atom. The van der Waals surface area contributed by atoms with E-state index in [4.69, 9.17) is 4.52 Å². The summed E-state index contributed by atoms with van der Waals surface area (Å²) in [6.07, 6.45) is 1.16. The standard InChI is InChI=1S/C21H23N3O2/c1-13-9-14(2)12-24(11-13)21(25)17-10-18(16-7-5-4-6-8-16)22-20-19(17)15(3)23-26-20/h4-8,10,13-14H,9,11-12H2,1-3H3. The molecule has 5 heteroatoms. The quantitative estimate of drug-likeness (QED) is 0.691. The molecule has 2 aromatic heterocycles. The van der Waals surface area contributed by atoms with Crippen molar-refractivity contribution in [3.8, 4) is 11.3 Å². The van der Waals surface area contributed by atoms with Gasteiger partial charge in [-0.15, -0.1) is 0 Å². The van der Waals surface area contributed by atoms with E-state index in [1.54, 1.807) is 0 Å². The van der Waals surface area contributed by atoms with Gasteiger partial charge in [-0.05, 0) is 31.2 Å². The van der Waals surface area contributed by atoms with Crippen LogP contribution < -0.4 is 0 Å². The largest absolute Gasteiger partial charge is 0.338 e. The number of hydrogen-bond acceptors (Lipinski definition) is 4. The number of aromatic nitrogens is 2. The van der Waals surface area contributed by atoms with Gasteiger partial charge in [-0.3, -0.25) is 4.79 Å². The van der Waals surface area contributed by atoms with E-state index in [0.717, 1.165) is 36.2 Å². The number of aryl methyl sites for hydroxylation is 1. The molecule has 1 aromatic carbocycles. The van der Waals surface area contributed by atoms with Crippen LogP contribution in [0.2, 0.25) is 0 Å². The summed E-state index contributed by atoms with van der Waals surface area (Å²) < 4.78 is 5.40. The lowest BCUT2D eigenvalue weighted by Gasteiger charge is -2.35. The van der Waals surface area contributed by atoms with Crippen LogP contribution in [-0.4, -0.2) is 34.0 Å². The molecule has 134 valence electrons. The van der Waals surface area contributed by atoms with Crippen LogP contribution in [0, 0.1) is 18.8 Å². The molecule has 5 nitrogen and oxygen atoms in total. The molecule has 1 fully saturated rings. The molecule has 1 saturated heterocycles. The van der Waals surface area contributed by atoms with Crippen molar-refractivity contribution in [3.63, 3.8) is 0 Å². The minimum absolute atomic E-state index is 0.0410. The highest BCUT2D eigenvalue weighted by Gasteiger charge is 2.29. The number of pyridine rings is 1. The Balaban J connectivity index is 1.82. The highest BCUT2D eigenvalue weighted by molar-refractivity contribution is 6.07. The Morgan fingerprint density at radius 3 is 2.54 bits per heavy atom. The number of fused-ring (bicyclic) bond motifs is 1. The van der Waals surface area contributed by atoms with Gasteiger partial charge in [0.25, 0.3) is 11.6 Å². The van der Waals surface area contributed by atoms with Gasteiger partial charge >= 0.3 is 0 Å². The van der Waals surface area contributed by atoms with Crippen molar-refractivity contribution in [1.82, 2.24) is 15.0 Å². The summed E-state index contributed by atoms with van der Waals surface area (Å²) in [5.74, 6) is 1.06. The number of hydrogen-bond donors (Lipinski definition) is 0. The normalized spacial score (nSPS) is 20.5. The van der Waals surface area contributed by atoms with Crippen LogP contribution in [0.5, 0.6) is 0 Å². The summed E-state index contributed by atoms with van der Waals surface area (Å²) in [5.41, 5.74) is 3.45. The van der Waals surface area contributed by atoms with E-state index in [0.29, 0.717) is 28.8 Å². The van der Waals surface area contributed by atoms with Gasteiger partial charge < -0.3 is 9.42 Å². The van der Waals surface area contributed by atoms with Crippen molar-refractivity contribution in [2.75, 3.05) is 13.1 Å². The van der Waals surface area contributed by atoms with Gasteiger partial charge in [0.15, 0.2) is 0 Å². The van der Waals surface area contributed by atoms with Crippen LogP contribution in [0.1, 0.15) is 36.3 Å². The Bertz CT molecular complexity index is 939. The molecule has 4 rings (SSSR count). The second-order valence-electron chi connectivity index (χ2n) is 7.53. The van der Waals surface area contributed by atoms with Crippen molar-refractivity contribution in [1.29, 1.82) is 0 Å². The molecule has 1 aliphatic rings. The average molecular weight is 349 g/mol. The maximum absolute atomic E-state index is 13.4. The number of amides is 1. The zero-order valence-electron chi connectivity index (χ0n) is 15.4. The van der Waals surface area contributed by atoms with Crippen LogP contribution >= 0.6 is 0 Å². The second-order valence-corrected chi connectivity index (χ2v) is 7.53. The van der Waals surface area contributed by atoms with Crippen LogP contribution in [0.3, 0.4) is 0 Å². The van der Waals surface area contributed by atoms with E-state index in [9.17, 15) is 4.79 Å². The molecule has 0 radical (unpaired) electrons. The first-order valence-electron chi connectivity index (χ1n) is 9.14. The Hall–Kier alpha value is -2.69. The first kappa shape index (κ1) is 16.8. The maximum atomic E-state index is 13.4. The predicted molar refractivity (Wildman–Crippen MR) is 101 cm³/mol. The molecule has 0 bridgehead atoms. The molecule has 0 aliphatic carbocycles. The average Bonchev–Trinajstić information content (AvgIpc) is 3.01. The number of piperidine rings is 1. The third-order valence-electron chi connectivity index (χ3n) is 5.07. The van der Waals surface area contributed by atoms with Gasteiger partial charge in [-0.25, -0.2) is 4.98 Å². The number of benzene rings is 1. The lowest BCUT2D eigenvalue weighted by Crippen LogP contribution is -2.42. The summed E-state index contributed by atoms with van der Waals surface area (Å²) >= 11 is 0. The van der Waals surface area contributed by atoms with Crippen LogP contribution in [-0.2, 0) is 0 Å². The van der Waals surface area contributed by atoms with E-state index in [1.165, 1.54) is 0 Å². The molecule has 2 unspecified atom stereocenters. The number of carbonyl (C=O) groups is 1. The Morgan fingerprint density at radius 1 is 1.15 bits per heavy atom. The van der Waals surface area contributed by atoms with E-state index >= 15 is 0 Å². The van der Waals surface area contributed by atoms with E-state index < -0.39 is 0 Å². The molecule has 0 saturated carbocycles. The second kappa shape index (κ2) is 6.56. The third kappa shape index (κ3) is 2.98. The van der Waals surface area contributed by atoms with Crippen molar-refractivity contribution in [2.45, 2.75) is 27.2 Å². The first-order chi connectivity index (χ1) is 12.5. The van der Waals surface area contributed by atoms with E-state index in [1.807, 2.05) is 48.2 Å². The lowest BCUT2D eigenvalue weighted by atomic mass is 9.91. The highest BCUT2D eigenvalue weighted by Crippen LogP contribution is 2.30. The van der Waals surface area contributed by atoms with Gasteiger partial charge in [-0.1, -0.05) is 49.3 Å². The van der Waals surface area contributed by atoms with Gasteiger partial charge in [-0.2, -0.15) is 0 Å². The zero-order valence-corrected chi connectivity index (χ0v) is 15.4. The molecule has 3 aromatic rings. The number of rotatable bonds is 2. The fraction of sp³-hybridized carbons (Fsp3) is 0.381. The van der Waals surface area contributed by atoms with Crippen LogP contribution in [0.25, 0.3) is 22.4 Å². The molecule has 26 heavy (non-hydrogen) atoms. The molecule has 1 amide bonds. The molecular formula is C21H23N3O2. The van der Waals surface area contributed by atoms with Crippen molar-refractivity contribution < 1.29 is 9.32 Å². The van der Waals surface area contributed by atoms with Gasteiger partial charge in [0.2, 0.25) is 0 Å². The van der Waals surface area contributed by atoms with Gasteiger partial charge in [0, 0.05) is 18.7 Å². The van der Waals surface area contributed by atoms with Crippen molar-refractivity contribution >= 4 is 17.0 Å². The molecule has 2 atom stereocenters. The Kier molecular flexibility index (Phi) is 4.23. The first-order valence-corrected chi connectivity index (χ1v) is 9.14. The summed E-state index contributed by atoms with van der Waals surface area (Å²) in [4.78, 5) is 19.9. The molecule has 3 heterocycles. The zero-order chi connectivity index (χ0) is 18.3. The van der Waals surface area contributed by atoms with Crippen LogP contribution in [0.15, 0.2) is 40.9 Å². The minimum Gasteiger partial charge on any atom is -0.338 e. The molecule has 0 N–H and O–H groups in total. The van der Waals surface area contributed by atoms with Crippen LogP contribution in [0.4, 0.5) is 0 Å². The minimum atomic E-state index is 0.0410. The summed E-state index contributed by atoms with van der Waals surface area (Å²) in [6, 6.07) is 11.7. The number of likely N-dealkylation sites (tertiary alicyclic amines) is 1.